The van der Waals surface area contributed by atoms with Crippen molar-refractivity contribution in [3.05, 3.63) is 29.3 Å². The highest BCUT2D eigenvalue weighted by Gasteiger charge is 2.30. The van der Waals surface area contributed by atoms with Crippen LogP contribution in [0.25, 0.3) is 0 Å². The second kappa shape index (κ2) is 6.21. The third-order valence-corrected chi connectivity index (χ3v) is 5.24. The summed E-state index contributed by atoms with van der Waals surface area (Å²) in [4.78, 5) is 0.163. The highest BCUT2D eigenvalue weighted by atomic mass is 35.5. The zero-order valence-corrected chi connectivity index (χ0v) is 12.1. The van der Waals surface area contributed by atoms with Crippen LogP contribution >= 0.6 is 24.0 Å². The lowest BCUT2D eigenvalue weighted by atomic mass is 10.1. The molecule has 18 heavy (non-hydrogen) atoms. The summed E-state index contributed by atoms with van der Waals surface area (Å²) in [5, 5.41) is 0.256. The molecule has 0 radical (unpaired) electrons. The van der Waals surface area contributed by atoms with E-state index in [9.17, 15) is 8.42 Å². The normalized spacial score (nSPS) is 21.3. The molecule has 2 rings (SSSR count). The van der Waals surface area contributed by atoms with Crippen molar-refractivity contribution in [2.24, 2.45) is 5.73 Å². The van der Waals surface area contributed by atoms with Gasteiger partial charge in [-0.25, -0.2) is 8.42 Å². The van der Waals surface area contributed by atoms with Crippen LogP contribution in [-0.4, -0.2) is 31.9 Å². The Balaban J connectivity index is 0.00000162. The molecular weight excluding hydrogens is 295 g/mol. The van der Waals surface area contributed by atoms with E-state index in [0.717, 1.165) is 12.8 Å². The van der Waals surface area contributed by atoms with Crippen LogP contribution in [0.3, 0.4) is 0 Å². The Morgan fingerprint density at radius 2 is 2.00 bits per heavy atom. The number of rotatable bonds is 2. The molecule has 1 saturated heterocycles. The molecule has 0 saturated carbocycles. The molecule has 1 unspecified atom stereocenters. The molecule has 102 valence electrons. The van der Waals surface area contributed by atoms with Crippen molar-refractivity contribution in [1.82, 2.24) is 4.31 Å². The van der Waals surface area contributed by atoms with E-state index in [2.05, 4.69) is 0 Å². The molecule has 0 aliphatic carbocycles. The van der Waals surface area contributed by atoms with E-state index in [1.165, 1.54) is 10.4 Å². The maximum Gasteiger partial charge on any atom is 0.244 e. The molecule has 0 spiro atoms. The number of nitrogens with two attached hydrogens (primary N) is 1. The fourth-order valence-corrected chi connectivity index (χ4v) is 4.01. The van der Waals surface area contributed by atoms with Gasteiger partial charge in [0.2, 0.25) is 10.0 Å². The Morgan fingerprint density at radius 1 is 1.33 bits per heavy atom. The van der Waals surface area contributed by atoms with E-state index in [1.54, 1.807) is 18.2 Å². The summed E-state index contributed by atoms with van der Waals surface area (Å²) in [6.07, 6.45) is 1.67. The summed E-state index contributed by atoms with van der Waals surface area (Å²) >= 11 is 5.93. The van der Waals surface area contributed by atoms with Gasteiger partial charge in [-0.2, -0.15) is 4.31 Å². The molecule has 1 atom stereocenters. The number of nitrogens with zero attached hydrogens (tertiary/aromatic N) is 1. The first-order valence-corrected chi connectivity index (χ1v) is 7.34. The van der Waals surface area contributed by atoms with Gasteiger partial charge in [0.05, 0.1) is 5.02 Å². The lowest BCUT2D eigenvalue weighted by Gasteiger charge is -2.30. The van der Waals surface area contributed by atoms with E-state index in [4.69, 9.17) is 17.3 Å². The average Bonchev–Trinajstić information content (AvgIpc) is 2.29. The Bertz CT molecular complexity index is 508. The van der Waals surface area contributed by atoms with Crippen molar-refractivity contribution in [2.75, 3.05) is 13.1 Å². The number of benzene rings is 1. The van der Waals surface area contributed by atoms with E-state index in [1.807, 2.05) is 0 Å². The highest BCUT2D eigenvalue weighted by Crippen LogP contribution is 2.26. The smallest absolute Gasteiger partial charge is 0.244 e. The Kier molecular flexibility index (Phi) is 5.43. The van der Waals surface area contributed by atoms with Gasteiger partial charge in [-0.15, -0.1) is 12.4 Å². The molecular formula is C11H16Cl2N2O2S. The monoisotopic (exact) mass is 310 g/mol. The Hall–Kier alpha value is -0.330. The number of halogens is 2. The van der Waals surface area contributed by atoms with Crippen LogP contribution in [-0.2, 0) is 10.0 Å². The summed E-state index contributed by atoms with van der Waals surface area (Å²) < 4.78 is 26.1. The lowest BCUT2D eigenvalue weighted by molar-refractivity contribution is 0.316. The first-order valence-electron chi connectivity index (χ1n) is 5.52. The van der Waals surface area contributed by atoms with E-state index in [-0.39, 0.29) is 28.4 Å². The second-order valence-electron chi connectivity index (χ2n) is 4.20. The third-order valence-electron chi connectivity index (χ3n) is 2.88. The first kappa shape index (κ1) is 15.7. The topological polar surface area (TPSA) is 63.4 Å². The van der Waals surface area contributed by atoms with Crippen molar-refractivity contribution in [2.45, 2.75) is 23.8 Å². The zero-order valence-electron chi connectivity index (χ0n) is 9.75. The van der Waals surface area contributed by atoms with Crippen molar-refractivity contribution >= 4 is 34.0 Å². The number of hydrogen-bond acceptors (Lipinski definition) is 3. The molecule has 0 amide bonds. The predicted molar refractivity (Wildman–Crippen MR) is 74.7 cm³/mol. The molecule has 1 aliphatic rings. The van der Waals surface area contributed by atoms with Crippen LogP contribution in [0.1, 0.15) is 12.8 Å². The molecule has 1 aromatic rings. The fraction of sp³-hybridized carbons (Fsp3) is 0.455. The quantitative estimate of drug-likeness (QED) is 0.907. The van der Waals surface area contributed by atoms with Crippen LogP contribution in [0.5, 0.6) is 0 Å². The maximum absolute atomic E-state index is 12.3. The number of hydrogen-bond donors (Lipinski definition) is 1. The van der Waals surface area contributed by atoms with Crippen molar-refractivity contribution in [1.29, 1.82) is 0 Å². The first-order chi connectivity index (χ1) is 8.01. The Morgan fingerprint density at radius 3 is 2.61 bits per heavy atom. The molecule has 7 heteroatoms. The standard InChI is InChI=1S/C11H15ClN2O2S.ClH/c12-10-5-1-2-6-11(10)17(15,16)14-7-3-4-9(13)8-14;/h1-2,5-6,9H,3-4,7-8,13H2;1H. The molecule has 0 bridgehead atoms. The molecule has 1 aromatic carbocycles. The van der Waals surface area contributed by atoms with Gasteiger partial charge < -0.3 is 5.73 Å². The van der Waals surface area contributed by atoms with Gasteiger partial charge in [0.1, 0.15) is 4.90 Å². The highest BCUT2D eigenvalue weighted by molar-refractivity contribution is 7.89. The zero-order chi connectivity index (χ0) is 12.5. The van der Waals surface area contributed by atoms with Crippen LogP contribution in [0.15, 0.2) is 29.2 Å². The number of piperidine rings is 1. The lowest BCUT2D eigenvalue weighted by Crippen LogP contribution is -2.45. The van der Waals surface area contributed by atoms with Crippen LogP contribution in [0.4, 0.5) is 0 Å². The molecule has 1 aliphatic heterocycles. The largest absolute Gasteiger partial charge is 0.327 e. The summed E-state index contributed by atoms with van der Waals surface area (Å²) in [5.41, 5.74) is 5.80. The van der Waals surface area contributed by atoms with Crippen molar-refractivity contribution in [3.63, 3.8) is 0 Å². The molecule has 1 heterocycles. The molecule has 1 fully saturated rings. The summed E-state index contributed by atoms with van der Waals surface area (Å²) in [6, 6.07) is 6.41. The van der Waals surface area contributed by atoms with Gasteiger partial charge in [-0.3, -0.25) is 0 Å². The predicted octanol–water partition coefficient (Wildman–Crippen LogP) is 1.87. The molecule has 2 N–H and O–H groups in total. The summed E-state index contributed by atoms with van der Waals surface area (Å²) in [5.74, 6) is 0. The minimum Gasteiger partial charge on any atom is -0.327 e. The van der Waals surface area contributed by atoms with Gasteiger partial charge in [-0.1, -0.05) is 23.7 Å². The second-order valence-corrected chi connectivity index (χ2v) is 6.51. The average molecular weight is 311 g/mol. The van der Waals surface area contributed by atoms with Gasteiger partial charge in [0.25, 0.3) is 0 Å². The van der Waals surface area contributed by atoms with E-state index < -0.39 is 10.0 Å². The SMILES string of the molecule is Cl.NC1CCCN(S(=O)(=O)c2ccccc2Cl)C1. The minimum absolute atomic E-state index is 0. The molecule has 0 aromatic heterocycles. The van der Waals surface area contributed by atoms with Gasteiger partial charge in [0.15, 0.2) is 0 Å². The van der Waals surface area contributed by atoms with Gasteiger partial charge >= 0.3 is 0 Å². The third kappa shape index (κ3) is 3.16. The van der Waals surface area contributed by atoms with Crippen LogP contribution < -0.4 is 5.73 Å². The fourth-order valence-electron chi connectivity index (χ4n) is 1.99. The van der Waals surface area contributed by atoms with Crippen molar-refractivity contribution in [3.8, 4) is 0 Å². The van der Waals surface area contributed by atoms with Crippen LogP contribution in [0.2, 0.25) is 5.02 Å². The summed E-state index contributed by atoms with van der Waals surface area (Å²) in [6.45, 7) is 0.884. The molecule has 4 nitrogen and oxygen atoms in total. The van der Waals surface area contributed by atoms with Gasteiger partial charge in [0, 0.05) is 19.1 Å². The van der Waals surface area contributed by atoms with Crippen LogP contribution in [0, 0.1) is 0 Å². The maximum atomic E-state index is 12.3. The van der Waals surface area contributed by atoms with E-state index in [0.29, 0.717) is 13.1 Å². The minimum atomic E-state index is -3.50. The number of sulfonamides is 1. The Labute approximate surface area is 119 Å². The van der Waals surface area contributed by atoms with Gasteiger partial charge in [-0.05, 0) is 25.0 Å². The van der Waals surface area contributed by atoms with E-state index >= 15 is 0 Å². The summed E-state index contributed by atoms with van der Waals surface area (Å²) in [7, 11) is -3.50. The van der Waals surface area contributed by atoms with Crippen molar-refractivity contribution < 1.29 is 8.42 Å².